The van der Waals surface area contributed by atoms with Crippen molar-refractivity contribution in [2.24, 2.45) is 0 Å². The fourth-order valence-electron chi connectivity index (χ4n) is 1.29. The minimum absolute atomic E-state index is 0.579. The maximum Gasteiger partial charge on any atom is 0.155 e. The molecule has 2 N–H and O–H groups in total. The molecule has 0 amide bonds. The Bertz CT molecular complexity index is 428. The number of nitrogens with zero attached hydrogens (tertiary/aromatic N) is 4. The van der Waals surface area contributed by atoms with Gasteiger partial charge in [0.2, 0.25) is 0 Å². The monoisotopic (exact) mass is 221 g/mol. The summed E-state index contributed by atoms with van der Waals surface area (Å²) in [5.41, 5.74) is 9.17. The quantitative estimate of drug-likeness (QED) is 0.842. The lowest BCUT2D eigenvalue weighted by atomic mass is 10.4. The number of thiazole rings is 1. The van der Waals surface area contributed by atoms with E-state index in [1.165, 1.54) is 6.33 Å². The molecule has 0 aliphatic heterocycles. The van der Waals surface area contributed by atoms with E-state index in [2.05, 4.69) is 15.0 Å². The van der Waals surface area contributed by atoms with Crippen LogP contribution in [0.15, 0.2) is 23.4 Å². The van der Waals surface area contributed by atoms with Gasteiger partial charge in [-0.2, -0.15) is 0 Å². The fraction of sp³-hybridized carbons (Fsp3) is 0.222. The van der Waals surface area contributed by atoms with Crippen LogP contribution in [0.2, 0.25) is 0 Å². The third-order valence-electron chi connectivity index (χ3n) is 1.96. The number of anilines is 2. The third kappa shape index (κ3) is 2.21. The molecule has 6 heteroatoms. The van der Waals surface area contributed by atoms with Gasteiger partial charge in [-0.1, -0.05) is 0 Å². The Morgan fingerprint density at radius 2 is 2.33 bits per heavy atom. The molecule has 78 valence electrons. The van der Waals surface area contributed by atoms with Gasteiger partial charge in [0.25, 0.3) is 0 Å². The van der Waals surface area contributed by atoms with E-state index in [0.717, 1.165) is 11.5 Å². The summed E-state index contributed by atoms with van der Waals surface area (Å²) in [4.78, 5) is 14.1. The van der Waals surface area contributed by atoms with Crippen molar-refractivity contribution in [3.05, 3.63) is 29.1 Å². The standard InChI is InChI=1S/C9H11N5S/c1-14(3-7-4-15-6-13-7)9-8(10)2-11-5-12-9/h2,4-6H,3,10H2,1H3. The lowest BCUT2D eigenvalue weighted by Gasteiger charge is -2.17. The Morgan fingerprint density at radius 1 is 1.47 bits per heavy atom. The number of aromatic nitrogens is 3. The summed E-state index contributed by atoms with van der Waals surface area (Å²) >= 11 is 1.58. The van der Waals surface area contributed by atoms with Gasteiger partial charge in [0.1, 0.15) is 6.33 Å². The zero-order valence-electron chi connectivity index (χ0n) is 8.29. The molecule has 0 aliphatic carbocycles. The Balaban J connectivity index is 2.15. The van der Waals surface area contributed by atoms with Gasteiger partial charge in [0, 0.05) is 12.4 Å². The minimum atomic E-state index is 0.579. The lowest BCUT2D eigenvalue weighted by molar-refractivity contribution is 0.871. The molecular formula is C9H11N5S. The Kier molecular flexibility index (Phi) is 2.77. The highest BCUT2D eigenvalue weighted by Crippen LogP contribution is 2.18. The van der Waals surface area contributed by atoms with Crippen molar-refractivity contribution in [2.45, 2.75) is 6.54 Å². The molecule has 0 radical (unpaired) electrons. The van der Waals surface area contributed by atoms with E-state index in [1.807, 2.05) is 22.8 Å². The Hall–Kier alpha value is -1.69. The van der Waals surface area contributed by atoms with E-state index in [9.17, 15) is 0 Å². The van der Waals surface area contributed by atoms with Crippen LogP contribution in [0.25, 0.3) is 0 Å². The molecule has 0 fully saturated rings. The second-order valence-corrected chi connectivity index (χ2v) is 3.86. The minimum Gasteiger partial charge on any atom is -0.394 e. The second kappa shape index (κ2) is 4.22. The van der Waals surface area contributed by atoms with E-state index in [-0.39, 0.29) is 0 Å². The van der Waals surface area contributed by atoms with Crippen molar-refractivity contribution in [1.82, 2.24) is 15.0 Å². The van der Waals surface area contributed by atoms with E-state index < -0.39 is 0 Å². The van der Waals surface area contributed by atoms with Gasteiger partial charge in [-0.15, -0.1) is 11.3 Å². The first-order valence-corrected chi connectivity index (χ1v) is 5.35. The fourth-order valence-corrected chi connectivity index (χ4v) is 1.84. The summed E-state index contributed by atoms with van der Waals surface area (Å²) in [6.07, 6.45) is 3.09. The molecule has 0 saturated carbocycles. The number of hydrogen-bond donors (Lipinski definition) is 1. The largest absolute Gasteiger partial charge is 0.394 e. The first-order valence-electron chi connectivity index (χ1n) is 4.41. The Labute approximate surface area is 91.6 Å². The molecule has 0 saturated heterocycles. The molecule has 15 heavy (non-hydrogen) atoms. The zero-order chi connectivity index (χ0) is 10.7. The van der Waals surface area contributed by atoms with Crippen LogP contribution in [0.1, 0.15) is 5.69 Å². The van der Waals surface area contributed by atoms with Crippen LogP contribution < -0.4 is 10.6 Å². The number of hydrogen-bond acceptors (Lipinski definition) is 6. The third-order valence-corrected chi connectivity index (χ3v) is 2.60. The van der Waals surface area contributed by atoms with E-state index >= 15 is 0 Å². The van der Waals surface area contributed by atoms with Gasteiger partial charge in [-0.05, 0) is 0 Å². The van der Waals surface area contributed by atoms with Crippen LogP contribution in [0.4, 0.5) is 11.5 Å². The molecule has 2 rings (SSSR count). The highest BCUT2D eigenvalue weighted by Gasteiger charge is 2.07. The highest BCUT2D eigenvalue weighted by molar-refractivity contribution is 7.07. The van der Waals surface area contributed by atoms with Crippen LogP contribution in [0.3, 0.4) is 0 Å². The second-order valence-electron chi connectivity index (χ2n) is 3.14. The lowest BCUT2D eigenvalue weighted by Crippen LogP contribution is -2.19. The average molecular weight is 221 g/mol. The molecule has 0 atom stereocenters. The smallest absolute Gasteiger partial charge is 0.155 e. The molecule has 0 aromatic carbocycles. The number of rotatable bonds is 3. The zero-order valence-corrected chi connectivity index (χ0v) is 9.11. The van der Waals surface area contributed by atoms with Crippen LogP contribution >= 0.6 is 11.3 Å². The van der Waals surface area contributed by atoms with Gasteiger partial charge in [0.15, 0.2) is 5.82 Å². The van der Waals surface area contributed by atoms with Crippen molar-refractivity contribution in [3.63, 3.8) is 0 Å². The summed E-state index contributed by atoms with van der Waals surface area (Å²) in [5.74, 6) is 0.734. The van der Waals surface area contributed by atoms with Crippen molar-refractivity contribution in [2.75, 3.05) is 17.7 Å². The first-order chi connectivity index (χ1) is 7.27. The predicted octanol–water partition coefficient (Wildman–Crippen LogP) is 1.15. The van der Waals surface area contributed by atoms with Gasteiger partial charge in [-0.25, -0.2) is 15.0 Å². The molecule has 0 aliphatic rings. The Morgan fingerprint density at radius 3 is 3.00 bits per heavy atom. The van der Waals surface area contributed by atoms with E-state index in [0.29, 0.717) is 12.2 Å². The molecule has 2 aromatic heterocycles. The number of nitrogens with two attached hydrogens (primary N) is 1. The van der Waals surface area contributed by atoms with Gasteiger partial charge >= 0.3 is 0 Å². The summed E-state index contributed by atoms with van der Waals surface area (Å²) in [6, 6.07) is 0. The summed E-state index contributed by atoms with van der Waals surface area (Å²) in [7, 11) is 1.93. The molecule has 5 nitrogen and oxygen atoms in total. The average Bonchev–Trinajstić information content (AvgIpc) is 2.71. The van der Waals surface area contributed by atoms with Gasteiger partial charge in [-0.3, -0.25) is 0 Å². The van der Waals surface area contributed by atoms with E-state index in [4.69, 9.17) is 5.73 Å². The number of nitrogen functional groups attached to an aromatic ring is 1. The van der Waals surface area contributed by atoms with E-state index in [1.54, 1.807) is 17.5 Å². The van der Waals surface area contributed by atoms with Crippen molar-refractivity contribution in [3.8, 4) is 0 Å². The van der Waals surface area contributed by atoms with Crippen LogP contribution in [0.5, 0.6) is 0 Å². The molecule has 0 bridgehead atoms. The molecular weight excluding hydrogens is 210 g/mol. The first kappa shape index (κ1) is 9.85. The molecule has 0 spiro atoms. The van der Waals surface area contributed by atoms with Crippen molar-refractivity contribution >= 4 is 22.8 Å². The van der Waals surface area contributed by atoms with Crippen LogP contribution in [-0.2, 0) is 6.54 Å². The maximum atomic E-state index is 5.77. The van der Waals surface area contributed by atoms with Crippen molar-refractivity contribution < 1.29 is 0 Å². The van der Waals surface area contributed by atoms with Gasteiger partial charge in [0.05, 0.1) is 29.6 Å². The topological polar surface area (TPSA) is 67.9 Å². The molecule has 2 aromatic rings. The van der Waals surface area contributed by atoms with Crippen molar-refractivity contribution in [1.29, 1.82) is 0 Å². The summed E-state index contributed by atoms with van der Waals surface area (Å²) in [5, 5.41) is 2.01. The molecule has 0 unspecified atom stereocenters. The van der Waals surface area contributed by atoms with Crippen LogP contribution in [0, 0.1) is 0 Å². The summed E-state index contributed by atoms with van der Waals surface area (Å²) < 4.78 is 0. The summed E-state index contributed by atoms with van der Waals surface area (Å²) in [6.45, 7) is 0.699. The normalized spacial score (nSPS) is 10.2. The highest BCUT2D eigenvalue weighted by atomic mass is 32.1. The molecule has 2 heterocycles. The predicted molar refractivity (Wildman–Crippen MR) is 60.7 cm³/mol. The maximum absolute atomic E-state index is 5.77. The van der Waals surface area contributed by atoms with Gasteiger partial charge < -0.3 is 10.6 Å². The van der Waals surface area contributed by atoms with Crippen LogP contribution in [-0.4, -0.2) is 22.0 Å². The SMILES string of the molecule is CN(Cc1cscn1)c1ncncc1N.